The molecule has 0 saturated carbocycles. The van der Waals surface area contributed by atoms with E-state index in [-0.39, 0.29) is 5.91 Å². The monoisotopic (exact) mass is 267 g/mol. The summed E-state index contributed by atoms with van der Waals surface area (Å²) in [6.45, 7) is 4.58. The van der Waals surface area contributed by atoms with Crippen molar-refractivity contribution in [2.75, 3.05) is 6.54 Å². The summed E-state index contributed by atoms with van der Waals surface area (Å²) in [7, 11) is 0. The second kappa shape index (κ2) is 6.38. The van der Waals surface area contributed by atoms with Crippen LogP contribution in [0.5, 0.6) is 0 Å². The molecule has 20 heavy (non-hydrogen) atoms. The van der Waals surface area contributed by atoms with Crippen LogP contribution < -0.4 is 5.32 Å². The third-order valence-electron chi connectivity index (χ3n) is 3.61. The molecule has 0 bridgehead atoms. The van der Waals surface area contributed by atoms with Crippen molar-refractivity contribution in [3.8, 4) is 0 Å². The van der Waals surface area contributed by atoms with Crippen molar-refractivity contribution < 1.29 is 4.79 Å². The van der Waals surface area contributed by atoms with E-state index in [2.05, 4.69) is 17.4 Å². The van der Waals surface area contributed by atoms with Crippen LogP contribution >= 0.6 is 0 Å². The van der Waals surface area contributed by atoms with E-state index in [1.165, 1.54) is 5.56 Å². The summed E-state index contributed by atoms with van der Waals surface area (Å²) in [4.78, 5) is 12.3. The Morgan fingerprint density at radius 2 is 1.50 bits per heavy atom. The summed E-state index contributed by atoms with van der Waals surface area (Å²) in [5, 5.41) is 3.03. The van der Waals surface area contributed by atoms with Crippen LogP contribution in [-0.4, -0.2) is 12.5 Å². The van der Waals surface area contributed by atoms with Gasteiger partial charge in [0.15, 0.2) is 0 Å². The Kier molecular flexibility index (Phi) is 4.57. The number of carbonyl (C=O) groups excluding carboxylic acids is 1. The predicted octanol–water partition coefficient (Wildman–Crippen LogP) is 3.32. The van der Waals surface area contributed by atoms with Gasteiger partial charge in [-0.1, -0.05) is 60.7 Å². The van der Waals surface area contributed by atoms with Gasteiger partial charge in [-0.15, -0.1) is 0 Å². The van der Waals surface area contributed by atoms with Crippen LogP contribution in [0, 0.1) is 0 Å². The third kappa shape index (κ3) is 3.47. The molecule has 0 aromatic heterocycles. The summed E-state index contributed by atoms with van der Waals surface area (Å²) in [5.41, 5.74) is 1.78. The molecule has 2 aromatic rings. The number of carbonyl (C=O) groups is 1. The summed E-state index contributed by atoms with van der Waals surface area (Å²) < 4.78 is 0. The molecule has 2 aromatic carbocycles. The molecule has 0 atom stereocenters. The molecule has 104 valence electrons. The first-order chi connectivity index (χ1) is 9.60. The Balaban J connectivity index is 1.91. The van der Waals surface area contributed by atoms with E-state index in [0.717, 1.165) is 12.0 Å². The average molecular weight is 267 g/mol. The molecule has 0 unspecified atom stereocenters. The summed E-state index contributed by atoms with van der Waals surface area (Å²) in [5.74, 6) is 0.0691. The highest BCUT2D eigenvalue weighted by molar-refractivity contribution is 5.87. The predicted molar refractivity (Wildman–Crippen MR) is 82.6 cm³/mol. The van der Waals surface area contributed by atoms with Gasteiger partial charge >= 0.3 is 0 Å². The fourth-order valence-electron chi connectivity index (χ4n) is 2.17. The van der Waals surface area contributed by atoms with E-state index in [4.69, 9.17) is 0 Å². The van der Waals surface area contributed by atoms with Gasteiger partial charge < -0.3 is 5.32 Å². The third-order valence-corrected chi connectivity index (χ3v) is 3.61. The van der Waals surface area contributed by atoms with Crippen LogP contribution in [0.25, 0.3) is 0 Å². The van der Waals surface area contributed by atoms with Crippen molar-refractivity contribution in [2.24, 2.45) is 0 Å². The second-order valence-electron chi connectivity index (χ2n) is 5.48. The number of hydrogen-bond acceptors (Lipinski definition) is 1. The lowest BCUT2D eigenvalue weighted by atomic mass is 9.84. The molecule has 0 heterocycles. The summed E-state index contributed by atoms with van der Waals surface area (Å²) >= 11 is 0. The van der Waals surface area contributed by atoms with Gasteiger partial charge in [-0.3, -0.25) is 4.79 Å². The standard InChI is InChI=1S/C18H21NO/c1-18(2,16-11-7-4-8-12-16)17(20)19-14-13-15-9-5-3-6-10-15/h3-12H,13-14H2,1-2H3,(H,19,20). The van der Waals surface area contributed by atoms with Crippen LogP contribution in [0.2, 0.25) is 0 Å². The van der Waals surface area contributed by atoms with Gasteiger partial charge in [0, 0.05) is 6.54 Å². The molecule has 0 aliphatic rings. The zero-order valence-electron chi connectivity index (χ0n) is 12.1. The van der Waals surface area contributed by atoms with E-state index in [1.54, 1.807) is 0 Å². The van der Waals surface area contributed by atoms with Crippen LogP contribution in [0.15, 0.2) is 60.7 Å². The number of nitrogens with one attached hydrogen (secondary N) is 1. The maximum atomic E-state index is 12.3. The first-order valence-corrected chi connectivity index (χ1v) is 6.98. The molecule has 0 spiro atoms. The highest BCUT2D eigenvalue weighted by Gasteiger charge is 2.28. The Morgan fingerprint density at radius 3 is 2.10 bits per heavy atom. The molecule has 2 rings (SSSR count). The van der Waals surface area contributed by atoms with Gasteiger partial charge in [0.2, 0.25) is 5.91 Å². The number of amides is 1. The van der Waals surface area contributed by atoms with Gasteiger partial charge in [0.05, 0.1) is 5.41 Å². The van der Waals surface area contributed by atoms with E-state index >= 15 is 0 Å². The Morgan fingerprint density at radius 1 is 0.950 bits per heavy atom. The van der Waals surface area contributed by atoms with Crippen molar-refractivity contribution in [3.05, 3.63) is 71.8 Å². The van der Waals surface area contributed by atoms with Crippen molar-refractivity contribution in [2.45, 2.75) is 25.7 Å². The lowest BCUT2D eigenvalue weighted by Gasteiger charge is -2.24. The van der Waals surface area contributed by atoms with Crippen molar-refractivity contribution in [1.82, 2.24) is 5.32 Å². The quantitative estimate of drug-likeness (QED) is 0.884. The molecule has 1 N–H and O–H groups in total. The minimum absolute atomic E-state index is 0.0691. The number of rotatable bonds is 5. The molecule has 0 saturated heterocycles. The topological polar surface area (TPSA) is 29.1 Å². The van der Waals surface area contributed by atoms with Crippen LogP contribution in [-0.2, 0) is 16.6 Å². The smallest absolute Gasteiger partial charge is 0.230 e. The summed E-state index contributed by atoms with van der Waals surface area (Å²) in [6, 6.07) is 20.1. The Hall–Kier alpha value is -2.09. The first-order valence-electron chi connectivity index (χ1n) is 6.98. The summed E-state index contributed by atoms with van der Waals surface area (Å²) in [6.07, 6.45) is 0.859. The van der Waals surface area contributed by atoms with E-state index in [9.17, 15) is 4.79 Å². The first kappa shape index (κ1) is 14.3. The minimum atomic E-state index is -0.502. The highest BCUT2D eigenvalue weighted by Crippen LogP contribution is 2.22. The molecule has 0 aliphatic heterocycles. The molecule has 0 radical (unpaired) electrons. The maximum Gasteiger partial charge on any atom is 0.230 e. The lowest BCUT2D eigenvalue weighted by Crippen LogP contribution is -2.40. The van der Waals surface area contributed by atoms with Crippen LogP contribution in [0.3, 0.4) is 0 Å². The molecule has 0 fully saturated rings. The molecule has 0 aliphatic carbocycles. The number of hydrogen-bond donors (Lipinski definition) is 1. The van der Waals surface area contributed by atoms with Crippen molar-refractivity contribution >= 4 is 5.91 Å². The average Bonchev–Trinajstić information content (AvgIpc) is 2.49. The van der Waals surface area contributed by atoms with Crippen molar-refractivity contribution in [3.63, 3.8) is 0 Å². The van der Waals surface area contributed by atoms with E-state index in [1.807, 2.05) is 62.4 Å². The van der Waals surface area contributed by atoms with E-state index in [0.29, 0.717) is 6.54 Å². The lowest BCUT2D eigenvalue weighted by molar-refractivity contribution is -0.125. The molecule has 1 amide bonds. The van der Waals surface area contributed by atoms with Gasteiger partial charge in [-0.25, -0.2) is 0 Å². The number of benzene rings is 2. The normalized spacial score (nSPS) is 11.1. The molecule has 2 nitrogen and oxygen atoms in total. The van der Waals surface area contributed by atoms with Gasteiger partial charge in [-0.05, 0) is 31.4 Å². The SMILES string of the molecule is CC(C)(C(=O)NCCc1ccccc1)c1ccccc1. The maximum absolute atomic E-state index is 12.3. The Bertz CT molecular complexity index is 546. The fourth-order valence-corrected chi connectivity index (χ4v) is 2.17. The van der Waals surface area contributed by atoms with Gasteiger partial charge in [0.25, 0.3) is 0 Å². The molecule has 2 heteroatoms. The van der Waals surface area contributed by atoms with Crippen LogP contribution in [0.1, 0.15) is 25.0 Å². The highest BCUT2D eigenvalue weighted by atomic mass is 16.2. The fraction of sp³-hybridized carbons (Fsp3) is 0.278. The van der Waals surface area contributed by atoms with Crippen LogP contribution in [0.4, 0.5) is 0 Å². The van der Waals surface area contributed by atoms with E-state index < -0.39 is 5.41 Å². The van der Waals surface area contributed by atoms with Gasteiger partial charge in [0.1, 0.15) is 0 Å². The molecular weight excluding hydrogens is 246 g/mol. The van der Waals surface area contributed by atoms with Gasteiger partial charge in [-0.2, -0.15) is 0 Å². The molecular formula is C18H21NO. The largest absolute Gasteiger partial charge is 0.355 e. The second-order valence-corrected chi connectivity index (χ2v) is 5.48. The van der Waals surface area contributed by atoms with Crippen molar-refractivity contribution in [1.29, 1.82) is 0 Å². The zero-order valence-corrected chi connectivity index (χ0v) is 12.1. The minimum Gasteiger partial charge on any atom is -0.355 e. The zero-order chi connectivity index (χ0) is 14.4. The Labute approximate surface area is 120 Å².